The molecule has 0 aliphatic carbocycles. The van der Waals surface area contributed by atoms with Crippen molar-refractivity contribution in [3.8, 4) is 0 Å². The van der Waals surface area contributed by atoms with Crippen LogP contribution in [0.4, 0.5) is 0 Å². The van der Waals surface area contributed by atoms with Gasteiger partial charge in [-0.25, -0.2) is 0 Å². The van der Waals surface area contributed by atoms with Crippen LogP contribution in [0, 0.1) is 0 Å². The van der Waals surface area contributed by atoms with Gasteiger partial charge in [0.2, 0.25) is 0 Å². The van der Waals surface area contributed by atoms with Gasteiger partial charge in [-0.3, -0.25) is 10.0 Å². The Kier molecular flexibility index (Phi) is 14.7. The van der Waals surface area contributed by atoms with Gasteiger partial charge in [0.25, 0.3) is 0 Å². The van der Waals surface area contributed by atoms with Crippen LogP contribution in [0.2, 0.25) is 0 Å². The van der Waals surface area contributed by atoms with Gasteiger partial charge >= 0.3 is 15.4 Å². The first-order valence-electron chi connectivity index (χ1n) is 1.16. The maximum Gasteiger partial charge on any atom is 0.353 e. The van der Waals surface area contributed by atoms with E-state index in [0.717, 1.165) is 15.4 Å². The van der Waals surface area contributed by atoms with Gasteiger partial charge in [0, 0.05) is 0 Å². The topological polar surface area (TPSA) is 52.0 Å². The molecule has 0 spiro atoms. The second-order valence-corrected chi connectivity index (χ2v) is 0.874. The summed E-state index contributed by atoms with van der Waals surface area (Å²) < 4.78 is 0. The highest BCUT2D eigenvalue weighted by molar-refractivity contribution is 7.80. The molecule has 6 heavy (non-hydrogen) atoms. The average molecular weight is 141 g/mol. The van der Waals surface area contributed by atoms with Crippen molar-refractivity contribution in [2.24, 2.45) is 11.5 Å². The molecule has 0 bridgehead atoms. The monoisotopic (exact) mass is 140 g/mol. The van der Waals surface area contributed by atoms with E-state index in [2.05, 4.69) is 23.7 Å². The third-order valence-electron chi connectivity index (χ3n) is 0. The van der Waals surface area contributed by atoms with Gasteiger partial charge < -0.3 is 11.5 Å². The van der Waals surface area contributed by atoms with E-state index in [1.165, 1.54) is 0 Å². The molecule has 4 N–H and O–H groups in total. The summed E-state index contributed by atoms with van der Waals surface area (Å²) in [6.07, 6.45) is 0. The summed E-state index contributed by atoms with van der Waals surface area (Å²) in [5, 5.41) is 0.000000000000000222. The lowest BCUT2D eigenvalue weighted by Crippen LogP contribution is -2.18. The summed E-state index contributed by atoms with van der Waals surface area (Å²) in [6, 6.07) is 0. The van der Waals surface area contributed by atoms with Gasteiger partial charge in [-0.15, -0.1) is 0 Å². The Bertz CT molecular complexity index is 36.5. The first-order valence-corrected chi connectivity index (χ1v) is 4.59. The molecule has 2 nitrogen and oxygen atoms in total. The predicted molar refractivity (Wildman–Crippen MR) is 35.4 cm³/mol. The van der Waals surface area contributed by atoms with Crippen LogP contribution >= 0.6 is 22.3 Å². The van der Waals surface area contributed by atoms with Gasteiger partial charge in [0.1, 0.15) is 0 Å². The van der Waals surface area contributed by atoms with Crippen LogP contribution in [-0.2, 0) is 0 Å². The smallest absolute Gasteiger partial charge is 0.353 e. The lowest BCUT2D eigenvalue weighted by atomic mass is 11.3. The van der Waals surface area contributed by atoms with E-state index in [-0.39, 0.29) is 5.11 Å². The van der Waals surface area contributed by atoms with Crippen LogP contribution in [0.15, 0.2) is 0 Å². The number of nitrogens with two attached hydrogens (primary N) is 2. The Morgan fingerprint density at radius 3 is 1.50 bits per heavy atom. The van der Waals surface area contributed by atoms with Crippen molar-refractivity contribution in [3.63, 3.8) is 0 Å². The minimum atomic E-state index is 0.000000000000000222. The number of thiocarbonyl (C=S) groups is 1. The molecule has 0 heterocycles. The quantitative estimate of drug-likeness (QED) is 0.334. The Labute approximate surface area is 54.5 Å². The fourth-order valence-corrected chi connectivity index (χ4v) is 0. The summed E-state index contributed by atoms with van der Waals surface area (Å²) in [7, 11) is 4.78. The molecule has 0 aromatic carbocycles. The molecule has 0 aliphatic heterocycles. The molecule has 36 valence electrons. The van der Waals surface area contributed by atoms with Crippen LogP contribution in [-0.4, -0.2) is 20.5 Å². The van der Waals surface area contributed by atoms with Gasteiger partial charge in [-0.05, 0) is 12.2 Å². The van der Waals surface area contributed by atoms with Crippen molar-refractivity contribution in [2.45, 2.75) is 0 Å². The molecule has 0 saturated heterocycles. The van der Waals surface area contributed by atoms with E-state index >= 15 is 0 Å². The molecule has 0 amide bonds. The molecule has 0 saturated carbocycles. The summed E-state index contributed by atoms with van der Waals surface area (Å²) in [5.41, 5.74) is 9.24. The third kappa shape index (κ3) is 212. The number of hydrogen-bond acceptors (Lipinski definition) is 1. The molecule has 0 radical (unpaired) electrons. The number of halogens is 1. The van der Waals surface area contributed by atoms with Crippen molar-refractivity contribution in [1.29, 1.82) is 0 Å². The van der Waals surface area contributed by atoms with Crippen molar-refractivity contribution in [1.82, 2.24) is 0 Å². The van der Waals surface area contributed by atoms with Crippen molar-refractivity contribution < 1.29 is 0 Å². The van der Waals surface area contributed by atoms with E-state index < -0.39 is 0 Å². The second-order valence-electron chi connectivity index (χ2n) is 0.402. The standard InChI is InChI=1S/CH4N2S.Al.ClH.2H/c2-1(3)4;;;;/h(H4,2,3,4);;1H;;/q;+1;;;/p-1. The van der Waals surface area contributed by atoms with Gasteiger partial charge in [0.05, 0.1) is 0 Å². The Morgan fingerprint density at radius 1 is 1.50 bits per heavy atom. The summed E-state index contributed by atoms with van der Waals surface area (Å²) >= 11 is 4.87. The van der Waals surface area contributed by atoms with E-state index in [9.17, 15) is 0 Å². The third-order valence-corrected chi connectivity index (χ3v) is 0. The first-order chi connectivity index (χ1) is 2.73. The van der Waals surface area contributed by atoms with Crippen molar-refractivity contribution in [2.75, 3.05) is 0 Å². The molecular weight excluding hydrogens is 135 g/mol. The van der Waals surface area contributed by atoms with Crippen LogP contribution in [0.3, 0.4) is 0 Å². The van der Waals surface area contributed by atoms with E-state index in [4.69, 9.17) is 10.0 Å². The first kappa shape index (κ1) is 9.72. The zero-order chi connectivity index (χ0) is 5.58. The normalized spacial score (nSPS) is 4.83. The maximum absolute atomic E-state index is 4.78. The second kappa shape index (κ2) is 9.10. The molecule has 0 fully saturated rings. The number of rotatable bonds is 0. The molecule has 0 aromatic heterocycles. The fourth-order valence-electron chi connectivity index (χ4n) is 0. The van der Waals surface area contributed by atoms with Crippen LogP contribution < -0.4 is 11.5 Å². The zero-order valence-electron chi connectivity index (χ0n) is 3.44. The largest absolute Gasteiger partial charge is 0.377 e. The fraction of sp³-hybridized carbons (Fsp3) is 0. The minimum Gasteiger partial charge on any atom is -0.377 e. The highest BCUT2D eigenvalue weighted by atomic mass is 35.6. The molecular formula is CH6AlClN2S. The lowest BCUT2D eigenvalue weighted by Gasteiger charge is -1.68. The van der Waals surface area contributed by atoms with Crippen LogP contribution in [0.25, 0.3) is 0 Å². The summed E-state index contributed by atoms with van der Waals surface area (Å²) in [4.78, 5) is 0. The Balaban J connectivity index is 0. The van der Waals surface area contributed by atoms with Crippen molar-refractivity contribution >= 4 is 42.7 Å². The highest BCUT2D eigenvalue weighted by Crippen LogP contribution is 1.32. The Hall–Kier alpha value is 0.512. The maximum atomic E-state index is 4.78. The Morgan fingerprint density at radius 2 is 1.50 bits per heavy atom. The summed E-state index contributed by atoms with van der Waals surface area (Å²) in [5.74, 6) is 0. The van der Waals surface area contributed by atoms with Crippen molar-refractivity contribution in [3.05, 3.63) is 0 Å². The highest BCUT2D eigenvalue weighted by Gasteiger charge is 1.53. The number of hydrogen-bond donors (Lipinski definition) is 2. The van der Waals surface area contributed by atoms with Crippen LogP contribution in [0.5, 0.6) is 0 Å². The minimum absolute atomic E-state index is 0.000000000000000222. The summed E-state index contributed by atoms with van der Waals surface area (Å²) in [6.45, 7) is 0. The molecule has 0 aliphatic rings. The van der Waals surface area contributed by atoms with Gasteiger partial charge in [0.15, 0.2) is 5.11 Å². The molecule has 0 rings (SSSR count). The zero-order valence-corrected chi connectivity index (χ0v) is 7.01. The molecule has 0 aromatic rings. The van der Waals surface area contributed by atoms with Gasteiger partial charge in [-0.2, -0.15) is 0 Å². The lowest BCUT2D eigenvalue weighted by molar-refractivity contribution is 1.65. The average Bonchev–Trinajstić information content (AvgIpc) is 1.41. The van der Waals surface area contributed by atoms with Crippen LogP contribution in [0.1, 0.15) is 0 Å². The predicted octanol–water partition coefficient (Wildman–Crippen LogP) is -1.04. The van der Waals surface area contributed by atoms with E-state index in [1.54, 1.807) is 0 Å². The van der Waals surface area contributed by atoms with E-state index in [1.807, 2.05) is 0 Å². The van der Waals surface area contributed by atoms with Gasteiger partial charge in [-0.1, -0.05) is 0 Å². The molecule has 0 atom stereocenters. The van der Waals surface area contributed by atoms with E-state index in [0.29, 0.717) is 0 Å². The molecule has 5 heteroatoms. The molecule has 0 unspecified atom stereocenters. The SMILES string of the molecule is NC(N)=S.[AlH2][Cl].